The first-order chi connectivity index (χ1) is 20.1. The lowest BCUT2D eigenvalue weighted by atomic mass is 9.91. The molecule has 3 heterocycles. The van der Waals surface area contributed by atoms with Crippen LogP contribution in [0.15, 0.2) is 84.9 Å². The number of hydrogen-bond acceptors (Lipinski definition) is 4. The van der Waals surface area contributed by atoms with E-state index in [0.717, 1.165) is 49.2 Å². The van der Waals surface area contributed by atoms with Crippen LogP contribution in [0.4, 0.5) is 30.2 Å². The smallest absolute Gasteiger partial charge is 0.359 e. The minimum atomic E-state index is -4.49. The fourth-order valence-electron chi connectivity index (χ4n) is 6.29. The number of para-hydroxylation sites is 1. The molecule has 0 spiro atoms. The summed E-state index contributed by atoms with van der Waals surface area (Å²) in [5.74, 6) is 0.562. The van der Waals surface area contributed by atoms with Gasteiger partial charge in [-0.25, -0.2) is 4.98 Å². The number of rotatable bonds is 4. The zero-order valence-corrected chi connectivity index (χ0v) is 24.6. The molecule has 0 saturated heterocycles. The van der Waals surface area contributed by atoms with Gasteiger partial charge in [0.2, 0.25) is 0 Å². The Morgan fingerprint density at radius 1 is 0.738 bits per heavy atom. The monoisotopic (exact) mass is 581 g/mol. The highest BCUT2D eigenvalue weighted by molar-refractivity contribution is 7.25. The third-order valence-corrected chi connectivity index (χ3v) is 9.42. The molecular formula is C35H30F3N3S. The van der Waals surface area contributed by atoms with Crippen LogP contribution in [-0.2, 0) is 6.18 Å². The van der Waals surface area contributed by atoms with Gasteiger partial charge in [0.1, 0.15) is 16.7 Å². The predicted molar refractivity (Wildman–Crippen MR) is 169 cm³/mol. The standard InChI is InChI=1S/C35H30F3N3S/c1-19(2)22-11-7-12-23(20(3)4)30(22)41-31-24-10-6-5-9-21(24)15-17-28(31)39-33(41)27-14-8-13-25-26-16-18-29(35(36,37)38)40-34(26)42-32(25)27/h5-20,33,39H,1-4H3. The number of fused-ring (bicyclic) bond motifs is 6. The maximum atomic E-state index is 13.5. The minimum Gasteiger partial charge on any atom is -0.359 e. The van der Waals surface area contributed by atoms with E-state index in [0.29, 0.717) is 4.83 Å². The second-order valence-corrected chi connectivity index (χ2v) is 12.6. The fraction of sp³-hybridized carbons (Fsp3) is 0.229. The molecule has 0 saturated carbocycles. The van der Waals surface area contributed by atoms with E-state index in [4.69, 9.17) is 0 Å². The van der Waals surface area contributed by atoms with Crippen molar-refractivity contribution >= 4 is 59.5 Å². The van der Waals surface area contributed by atoms with E-state index in [2.05, 4.69) is 104 Å². The number of aromatic nitrogens is 1. The van der Waals surface area contributed by atoms with Gasteiger partial charge < -0.3 is 10.2 Å². The van der Waals surface area contributed by atoms with Crippen LogP contribution in [0.5, 0.6) is 0 Å². The molecule has 0 radical (unpaired) electrons. The molecule has 1 unspecified atom stereocenters. The molecule has 212 valence electrons. The molecule has 7 heteroatoms. The summed E-state index contributed by atoms with van der Waals surface area (Å²) in [7, 11) is 0. The van der Waals surface area contributed by atoms with Crippen molar-refractivity contribution in [2.24, 2.45) is 0 Å². The van der Waals surface area contributed by atoms with Gasteiger partial charge in [-0.2, -0.15) is 13.2 Å². The molecule has 1 aliphatic rings. The van der Waals surface area contributed by atoms with Crippen LogP contribution >= 0.6 is 11.3 Å². The topological polar surface area (TPSA) is 28.2 Å². The van der Waals surface area contributed by atoms with Gasteiger partial charge in [0, 0.05) is 26.4 Å². The molecule has 1 aliphatic heterocycles. The largest absolute Gasteiger partial charge is 0.433 e. The van der Waals surface area contributed by atoms with E-state index in [1.165, 1.54) is 28.2 Å². The molecule has 0 bridgehead atoms. The number of halogens is 3. The summed E-state index contributed by atoms with van der Waals surface area (Å²) in [6.45, 7) is 8.90. The van der Waals surface area contributed by atoms with Crippen molar-refractivity contribution in [1.82, 2.24) is 4.98 Å². The molecule has 1 atom stereocenters. The Balaban J connectivity index is 1.53. The molecular weight excluding hydrogens is 551 g/mol. The van der Waals surface area contributed by atoms with Gasteiger partial charge in [0.15, 0.2) is 0 Å². The molecule has 3 nitrogen and oxygen atoms in total. The summed E-state index contributed by atoms with van der Waals surface area (Å²) in [6.07, 6.45) is -4.77. The number of alkyl halides is 3. The Bertz CT molecular complexity index is 1960. The summed E-state index contributed by atoms with van der Waals surface area (Å²) < 4.78 is 41.6. The van der Waals surface area contributed by atoms with Gasteiger partial charge in [-0.05, 0) is 46.5 Å². The van der Waals surface area contributed by atoms with Crippen LogP contribution in [0.2, 0.25) is 0 Å². The van der Waals surface area contributed by atoms with Crippen LogP contribution < -0.4 is 10.2 Å². The average Bonchev–Trinajstić information content (AvgIpc) is 3.54. The van der Waals surface area contributed by atoms with Gasteiger partial charge in [-0.3, -0.25) is 0 Å². The van der Waals surface area contributed by atoms with Crippen molar-refractivity contribution in [1.29, 1.82) is 0 Å². The van der Waals surface area contributed by atoms with E-state index in [1.54, 1.807) is 6.07 Å². The molecule has 7 rings (SSSR count). The van der Waals surface area contributed by atoms with Gasteiger partial charge in [0.25, 0.3) is 0 Å². The highest BCUT2D eigenvalue weighted by Gasteiger charge is 2.37. The van der Waals surface area contributed by atoms with Crippen molar-refractivity contribution in [2.45, 2.75) is 51.9 Å². The van der Waals surface area contributed by atoms with Crippen LogP contribution in [0.1, 0.15) is 68.1 Å². The minimum absolute atomic E-state index is 0.276. The molecule has 42 heavy (non-hydrogen) atoms. The zero-order chi connectivity index (χ0) is 29.3. The summed E-state index contributed by atoms with van der Waals surface area (Å²) in [5.41, 5.74) is 5.99. The molecule has 6 aromatic rings. The third-order valence-electron chi connectivity index (χ3n) is 8.25. The molecule has 1 N–H and O–H groups in total. The summed E-state index contributed by atoms with van der Waals surface area (Å²) >= 11 is 1.33. The Labute approximate surface area is 246 Å². The molecule has 4 aromatic carbocycles. The maximum Gasteiger partial charge on any atom is 0.433 e. The van der Waals surface area contributed by atoms with Crippen molar-refractivity contribution in [3.8, 4) is 0 Å². The van der Waals surface area contributed by atoms with E-state index in [1.807, 2.05) is 12.1 Å². The Hall–Kier alpha value is -4.10. The lowest BCUT2D eigenvalue weighted by molar-refractivity contribution is -0.140. The van der Waals surface area contributed by atoms with Crippen molar-refractivity contribution < 1.29 is 13.2 Å². The Morgan fingerprint density at radius 2 is 1.43 bits per heavy atom. The lowest BCUT2D eigenvalue weighted by Gasteiger charge is -2.34. The fourth-order valence-corrected chi connectivity index (χ4v) is 7.50. The van der Waals surface area contributed by atoms with Crippen molar-refractivity contribution in [3.63, 3.8) is 0 Å². The molecule has 0 fully saturated rings. The lowest BCUT2D eigenvalue weighted by Crippen LogP contribution is -2.26. The normalized spacial score (nSPS) is 15.4. The first-order valence-electron chi connectivity index (χ1n) is 14.2. The summed E-state index contributed by atoms with van der Waals surface area (Å²) in [6, 6.07) is 28.0. The van der Waals surface area contributed by atoms with Crippen LogP contribution in [0.3, 0.4) is 0 Å². The summed E-state index contributed by atoms with van der Waals surface area (Å²) in [4.78, 5) is 6.88. The van der Waals surface area contributed by atoms with E-state index in [9.17, 15) is 13.2 Å². The van der Waals surface area contributed by atoms with E-state index >= 15 is 0 Å². The Kier molecular flexibility index (Phi) is 6.21. The van der Waals surface area contributed by atoms with Crippen molar-refractivity contribution in [3.05, 3.63) is 107 Å². The van der Waals surface area contributed by atoms with Gasteiger partial charge >= 0.3 is 6.18 Å². The number of thiophene rings is 1. The molecule has 2 aromatic heterocycles. The second kappa shape index (κ2) is 9.73. The van der Waals surface area contributed by atoms with Crippen LogP contribution in [-0.4, -0.2) is 4.98 Å². The number of nitrogens with zero attached hydrogens (tertiary/aromatic N) is 2. The van der Waals surface area contributed by atoms with Crippen molar-refractivity contribution in [2.75, 3.05) is 10.2 Å². The zero-order valence-electron chi connectivity index (χ0n) is 23.8. The highest BCUT2D eigenvalue weighted by atomic mass is 32.1. The number of nitrogens with one attached hydrogen (secondary N) is 1. The van der Waals surface area contributed by atoms with E-state index < -0.39 is 11.9 Å². The quantitative estimate of drug-likeness (QED) is 0.224. The third kappa shape index (κ3) is 4.13. The molecule has 0 amide bonds. The maximum absolute atomic E-state index is 13.5. The van der Waals surface area contributed by atoms with Crippen LogP contribution in [0.25, 0.3) is 31.1 Å². The first-order valence-corrected chi connectivity index (χ1v) is 15.0. The number of benzene rings is 4. The second-order valence-electron chi connectivity index (χ2n) is 11.6. The van der Waals surface area contributed by atoms with E-state index in [-0.39, 0.29) is 18.0 Å². The first kappa shape index (κ1) is 26.8. The average molecular weight is 582 g/mol. The predicted octanol–water partition coefficient (Wildman–Crippen LogP) is 11.1. The van der Waals surface area contributed by atoms with Gasteiger partial charge in [-0.15, -0.1) is 11.3 Å². The SMILES string of the molecule is CC(C)c1cccc(C(C)C)c1N1c2c(ccc3ccccc23)NC1c1cccc2c1sc1nc(C(F)(F)F)ccc12. The highest BCUT2D eigenvalue weighted by Crippen LogP contribution is 2.54. The number of pyridine rings is 1. The number of anilines is 3. The van der Waals surface area contributed by atoms with Gasteiger partial charge in [-0.1, -0.05) is 94.4 Å². The molecule has 0 aliphatic carbocycles. The van der Waals surface area contributed by atoms with Crippen LogP contribution in [0, 0.1) is 0 Å². The van der Waals surface area contributed by atoms with Gasteiger partial charge in [0.05, 0.1) is 17.1 Å². The Morgan fingerprint density at radius 3 is 2.14 bits per heavy atom. The number of hydrogen-bond donors (Lipinski definition) is 1. The summed E-state index contributed by atoms with van der Waals surface area (Å²) in [5, 5.41) is 7.79.